The van der Waals surface area contributed by atoms with Crippen molar-refractivity contribution in [2.75, 3.05) is 20.8 Å². The molecule has 2 unspecified atom stereocenters. The number of hydrogen-bond acceptors (Lipinski definition) is 4. The number of benzene rings is 1. The Bertz CT molecular complexity index is 444. The van der Waals surface area contributed by atoms with Gasteiger partial charge < -0.3 is 19.3 Å². The van der Waals surface area contributed by atoms with E-state index < -0.39 is 11.9 Å². The predicted octanol–water partition coefficient (Wildman–Crippen LogP) is 2.84. The number of hydrogen-bond donors (Lipinski definition) is 1. The average Bonchev–Trinajstić information content (AvgIpc) is 2.97. The molecule has 1 fully saturated rings. The Morgan fingerprint density at radius 1 is 1.35 bits per heavy atom. The molecule has 4 nitrogen and oxygen atoms in total. The van der Waals surface area contributed by atoms with Crippen LogP contribution in [0.5, 0.6) is 11.5 Å². The maximum atomic E-state index is 14.0. The van der Waals surface area contributed by atoms with E-state index in [1.807, 2.05) is 0 Å². The van der Waals surface area contributed by atoms with Gasteiger partial charge in [-0.05, 0) is 31.7 Å². The third-order valence-electron chi connectivity index (χ3n) is 3.65. The van der Waals surface area contributed by atoms with Crippen LogP contribution in [0.4, 0.5) is 4.39 Å². The van der Waals surface area contributed by atoms with Crippen molar-refractivity contribution in [2.24, 2.45) is 0 Å². The van der Waals surface area contributed by atoms with Crippen LogP contribution >= 0.6 is 0 Å². The molecule has 20 heavy (non-hydrogen) atoms. The van der Waals surface area contributed by atoms with Crippen LogP contribution < -0.4 is 9.47 Å². The van der Waals surface area contributed by atoms with Crippen LogP contribution in [0.25, 0.3) is 0 Å². The predicted molar refractivity (Wildman–Crippen MR) is 72.7 cm³/mol. The van der Waals surface area contributed by atoms with E-state index in [2.05, 4.69) is 0 Å². The molecule has 1 aromatic rings. The van der Waals surface area contributed by atoms with Crippen LogP contribution in [0, 0.1) is 5.82 Å². The van der Waals surface area contributed by atoms with Crippen LogP contribution in [0.15, 0.2) is 12.1 Å². The molecule has 0 spiro atoms. The number of aliphatic hydroxyl groups is 1. The van der Waals surface area contributed by atoms with Crippen LogP contribution in [0.2, 0.25) is 0 Å². The molecular formula is C15H21FO4. The molecule has 2 atom stereocenters. The van der Waals surface area contributed by atoms with Crippen LogP contribution in [-0.4, -0.2) is 32.0 Å². The number of halogens is 1. The van der Waals surface area contributed by atoms with Crippen molar-refractivity contribution in [3.63, 3.8) is 0 Å². The first kappa shape index (κ1) is 15.1. The van der Waals surface area contributed by atoms with Gasteiger partial charge in [0.25, 0.3) is 0 Å². The minimum Gasteiger partial charge on any atom is -0.493 e. The van der Waals surface area contributed by atoms with Gasteiger partial charge in [0.05, 0.1) is 26.4 Å². The van der Waals surface area contributed by atoms with E-state index in [-0.39, 0.29) is 11.7 Å². The first-order chi connectivity index (χ1) is 9.65. The monoisotopic (exact) mass is 284 g/mol. The highest BCUT2D eigenvalue weighted by molar-refractivity contribution is 5.44. The Morgan fingerprint density at radius 3 is 2.65 bits per heavy atom. The van der Waals surface area contributed by atoms with Gasteiger partial charge in [0.2, 0.25) is 0 Å². The molecular weight excluding hydrogens is 263 g/mol. The Balaban J connectivity index is 2.06. The maximum Gasteiger partial charge on any atom is 0.163 e. The summed E-state index contributed by atoms with van der Waals surface area (Å²) in [6, 6.07) is 2.73. The van der Waals surface area contributed by atoms with Crippen molar-refractivity contribution < 1.29 is 23.7 Å². The SMILES string of the molecule is COc1cc(F)c(C(O)CCC2CCCO2)cc1OC. The lowest BCUT2D eigenvalue weighted by molar-refractivity contribution is 0.0802. The van der Waals surface area contributed by atoms with E-state index in [0.29, 0.717) is 17.9 Å². The number of methoxy groups -OCH3 is 2. The largest absolute Gasteiger partial charge is 0.493 e. The Morgan fingerprint density at radius 2 is 2.05 bits per heavy atom. The van der Waals surface area contributed by atoms with E-state index in [1.54, 1.807) is 0 Å². The van der Waals surface area contributed by atoms with E-state index >= 15 is 0 Å². The molecule has 0 bridgehead atoms. The van der Waals surface area contributed by atoms with E-state index in [4.69, 9.17) is 14.2 Å². The molecule has 0 aromatic heterocycles. The fraction of sp³-hybridized carbons (Fsp3) is 0.600. The lowest BCUT2D eigenvalue weighted by atomic mass is 10.0. The van der Waals surface area contributed by atoms with E-state index in [9.17, 15) is 9.50 Å². The molecule has 2 rings (SSSR count). The van der Waals surface area contributed by atoms with Crippen LogP contribution in [0.3, 0.4) is 0 Å². The molecule has 112 valence electrons. The molecule has 0 radical (unpaired) electrons. The summed E-state index contributed by atoms with van der Waals surface area (Å²) in [4.78, 5) is 0. The summed E-state index contributed by atoms with van der Waals surface area (Å²) in [5.74, 6) is 0.252. The first-order valence-corrected chi connectivity index (χ1v) is 6.86. The third kappa shape index (κ3) is 3.41. The maximum absolute atomic E-state index is 14.0. The third-order valence-corrected chi connectivity index (χ3v) is 3.65. The molecule has 0 aliphatic carbocycles. The summed E-state index contributed by atoms with van der Waals surface area (Å²) in [5, 5.41) is 10.2. The van der Waals surface area contributed by atoms with Gasteiger partial charge in [0.15, 0.2) is 11.5 Å². The lowest BCUT2D eigenvalue weighted by Gasteiger charge is -2.17. The van der Waals surface area contributed by atoms with Crippen LogP contribution in [-0.2, 0) is 4.74 Å². The summed E-state index contributed by atoms with van der Waals surface area (Å²) in [6.45, 7) is 0.783. The number of rotatable bonds is 6. The van der Waals surface area contributed by atoms with Gasteiger partial charge in [-0.1, -0.05) is 0 Å². The second kappa shape index (κ2) is 6.90. The quantitative estimate of drug-likeness (QED) is 0.872. The van der Waals surface area contributed by atoms with E-state index in [1.165, 1.54) is 26.4 Å². The molecule has 1 N–H and O–H groups in total. The Hall–Kier alpha value is -1.33. The molecule has 0 saturated carbocycles. The van der Waals surface area contributed by atoms with Crippen molar-refractivity contribution in [3.05, 3.63) is 23.5 Å². The fourth-order valence-corrected chi connectivity index (χ4v) is 2.50. The Kier molecular flexibility index (Phi) is 5.20. The summed E-state index contributed by atoms with van der Waals surface area (Å²) >= 11 is 0. The van der Waals surface area contributed by atoms with Crippen LogP contribution in [0.1, 0.15) is 37.4 Å². The average molecular weight is 284 g/mol. The second-order valence-electron chi connectivity index (χ2n) is 4.96. The highest BCUT2D eigenvalue weighted by Gasteiger charge is 2.21. The zero-order valence-corrected chi connectivity index (χ0v) is 11.9. The molecule has 1 aliphatic rings. The summed E-state index contributed by atoms with van der Waals surface area (Å²) < 4.78 is 29.6. The topological polar surface area (TPSA) is 47.9 Å². The second-order valence-corrected chi connectivity index (χ2v) is 4.96. The van der Waals surface area contributed by atoms with Crippen molar-refractivity contribution >= 4 is 0 Å². The minimum atomic E-state index is -0.862. The lowest BCUT2D eigenvalue weighted by Crippen LogP contribution is -2.09. The van der Waals surface area contributed by atoms with Crippen molar-refractivity contribution in [1.29, 1.82) is 0 Å². The Labute approximate surface area is 118 Å². The molecule has 1 aliphatic heterocycles. The van der Waals surface area contributed by atoms with Gasteiger partial charge in [-0.3, -0.25) is 0 Å². The highest BCUT2D eigenvalue weighted by atomic mass is 19.1. The summed E-state index contributed by atoms with van der Waals surface area (Å²) in [7, 11) is 2.93. The van der Waals surface area contributed by atoms with E-state index in [0.717, 1.165) is 25.9 Å². The van der Waals surface area contributed by atoms with Crippen molar-refractivity contribution in [2.45, 2.75) is 37.9 Å². The zero-order chi connectivity index (χ0) is 14.5. The summed E-state index contributed by atoms with van der Waals surface area (Å²) in [6.07, 6.45) is 2.60. The van der Waals surface area contributed by atoms with Crippen molar-refractivity contribution in [3.8, 4) is 11.5 Å². The van der Waals surface area contributed by atoms with Gasteiger partial charge >= 0.3 is 0 Å². The normalized spacial score (nSPS) is 19.9. The number of ether oxygens (including phenoxy) is 3. The van der Waals surface area contributed by atoms with Crippen molar-refractivity contribution in [1.82, 2.24) is 0 Å². The molecule has 1 saturated heterocycles. The van der Waals surface area contributed by atoms with Gasteiger partial charge in [-0.2, -0.15) is 0 Å². The number of aliphatic hydroxyl groups excluding tert-OH is 1. The first-order valence-electron chi connectivity index (χ1n) is 6.86. The zero-order valence-electron chi connectivity index (χ0n) is 11.9. The molecule has 5 heteroatoms. The van der Waals surface area contributed by atoms with Gasteiger partial charge in [0, 0.05) is 18.2 Å². The van der Waals surface area contributed by atoms with Gasteiger partial charge in [-0.15, -0.1) is 0 Å². The molecule has 1 aromatic carbocycles. The van der Waals surface area contributed by atoms with Gasteiger partial charge in [0.1, 0.15) is 5.82 Å². The fourth-order valence-electron chi connectivity index (χ4n) is 2.50. The summed E-state index contributed by atoms with van der Waals surface area (Å²) in [5.41, 5.74) is 0.237. The standard InChI is InChI=1S/C15H21FO4/c1-18-14-8-11(12(16)9-15(14)19-2)13(17)6-5-10-4-3-7-20-10/h8-10,13,17H,3-7H2,1-2H3. The molecule has 0 amide bonds. The highest BCUT2D eigenvalue weighted by Crippen LogP contribution is 2.34. The minimum absolute atomic E-state index is 0.188. The molecule has 1 heterocycles. The smallest absolute Gasteiger partial charge is 0.163 e. The van der Waals surface area contributed by atoms with Gasteiger partial charge in [-0.25, -0.2) is 4.39 Å².